The molecule has 0 spiro atoms. The largest absolute Gasteiger partial charge is 0.398 e. The number of rotatable bonds is 5. The molecule has 2 N–H and O–H groups in total. The van der Waals surface area contributed by atoms with Crippen molar-refractivity contribution < 1.29 is 22.0 Å². The lowest BCUT2D eigenvalue weighted by Crippen LogP contribution is -2.54. The molecule has 2 aromatic heterocycles. The Morgan fingerprint density at radius 1 is 1.12 bits per heavy atom. The summed E-state index contributed by atoms with van der Waals surface area (Å²) >= 11 is 0. The minimum Gasteiger partial charge on any atom is -0.398 e. The van der Waals surface area contributed by atoms with Crippen LogP contribution in [0.15, 0.2) is 64.8 Å². The van der Waals surface area contributed by atoms with E-state index in [9.17, 15) is 22.4 Å². The highest BCUT2D eigenvalue weighted by Gasteiger charge is 2.31. The molecule has 13 heteroatoms. The number of sulfone groups is 1. The van der Waals surface area contributed by atoms with Crippen LogP contribution >= 0.6 is 0 Å². The van der Waals surface area contributed by atoms with E-state index in [1.165, 1.54) is 30.3 Å². The molecule has 1 atom stereocenters. The first-order valence-electron chi connectivity index (χ1n) is 13.0. The summed E-state index contributed by atoms with van der Waals surface area (Å²) in [5.74, 6) is -1.90. The van der Waals surface area contributed by atoms with Crippen LogP contribution in [-0.2, 0) is 14.6 Å². The molecule has 0 saturated carbocycles. The van der Waals surface area contributed by atoms with Crippen molar-refractivity contribution in [3.63, 3.8) is 0 Å². The number of hydrogen-bond acceptors (Lipinski definition) is 8. The third-order valence-electron chi connectivity index (χ3n) is 7.29. The number of anilines is 2. The Kier molecular flexibility index (Phi) is 7.31. The van der Waals surface area contributed by atoms with Crippen molar-refractivity contribution >= 4 is 38.3 Å². The second-order valence-corrected chi connectivity index (χ2v) is 12.2. The fraction of sp³-hybridized carbons (Fsp3) is 0.241. The lowest BCUT2D eigenvalue weighted by molar-refractivity contribution is -0.126. The summed E-state index contributed by atoms with van der Waals surface area (Å²) in [7, 11) is -3.85. The average molecular weight is 595 g/mol. The second-order valence-electron chi connectivity index (χ2n) is 10.2. The van der Waals surface area contributed by atoms with Crippen LogP contribution in [0.1, 0.15) is 12.5 Å². The van der Waals surface area contributed by atoms with Gasteiger partial charge in [-0.05, 0) is 49.8 Å². The first-order chi connectivity index (χ1) is 19.8. The van der Waals surface area contributed by atoms with Gasteiger partial charge in [-0.15, -0.1) is 0 Å². The zero-order valence-corrected chi connectivity index (χ0v) is 24.0. The second kappa shape index (κ2) is 10.6. The fourth-order valence-corrected chi connectivity index (χ4v) is 6.24. The van der Waals surface area contributed by atoms with Gasteiger partial charge in [0.1, 0.15) is 17.3 Å². The quantitative estimate of drug-likeness (QED) is 0.275. The number of piperazine rings is 1. The molecule has 2 aromatic carbocycles. The Hall–Kier alpha value is -4.65. The van der Waals surface area contributed by atoms with Crippen LogP contribution < -0.4 is 16.3 Å². The van der Waals surface area contributed by atoms with E-state index in [2.05, 4.69) is 16.5 Å². The van der Waals surface area contributed by atoms with Gasteiger partial charge < -0.3 is 15.5 Å². The maximum absolute atomic E-state index is 15.8. The lowest BCUT2D eigenvalue weighted by atomic mass is 10.1. The van der Waals surface area contributed by atoms with Crippen LogP contribution in [-0.4, -0.2) is 65.7 Å². The van der Waals surface area contributed by atoms with Gasteiger partial charge in [0, 0.05) is 37.6 Å². The van der Waals surface area contributed by atoms with Crippen molar-refractivity contribution in [1.82, 2.24) is 19.4 Å². The lowest BCUT2D eigenvalue weighted by Gasteiger charge is -2.40. The number of hydrogen-bond donors (Lipinski definition) is 1. The molecule has 218 valence electrons. The maximum atomic E-state index is 15.8. The van der Waals surface area contributed by atoms with E-state index in [-0.39, 0.29) is 70.3 Å². The van der Waals surface area contributed by atoms with Crippen molar-refractivity contribution in [3.05, 3.63) is 82.8 Å². The number of para-hydroxylation sites is 1. The summed E-state index contributed by atoms with van der Waals surface area (Å²) in [6.07, 6.45) is 2.22. The SMILES string of the molecule is C=CC(=O)N1CCN(c2nc(=O)n(-c3c(C)cccc3S(C)(=O)=O)c3nc(-c4c(N)cccc4F)c(F)cc23)[C@@H](C)C1. The van der Waals surface area contributed by atoms with E-state index in [0.717, 1.165) is 23.0 Å². The predicted octanol–water partition coefficient (Wildman–Crippen LogP) is 3.24. The molecule has 1 aliphatic rings. The molecule has 0 bridgehead atoms. The third-order valence-corrected chi connectivity index (χ3v) is 8.42. The highest BCUT2D eigenvalue weighted by molar-refractivity contribution is 7.90. The van der Waals surface area contributed by atoms with Gasteiger partial charge in [-0.3, -0.25) is 4.79 Å². The number of amides is 1. The Morgan fingerprint density at radius 2 is 1.83 bits per heavy atom. The van der Waals surface area contributed by atoms with Crippen LogP contribution in [0.5, 0.6) is 0 Å². The third kappa shape index (κ3) is 4.89. The Morgan fingerprint density at radius 3 is 2.48 bits per heavy atom. The van der Waals surface area contributed by atoms with E-state index in [1.807, 2.05) is 6.92 Å². The van der Waals surface area contributed by atoms with Gasteiger partial charge in [0.2, 0.25) is 5.91 Å². The maximum Gasteiger partial charge on any atom is 0.355 e. The van der Waals surface area contributed by atoms with Crippen LogP contribution in [0.25, 0.3) is 28.0 Å². The average Bonchev–Trinajstić information content (AvgIpc) is 2.92. The zero-order chi connectivity index (χ0) is 30.5. The molecule has 10 nitrogen and oxygen atoms in total. The van der Waals surface area contributed by atoms with E-state index in [4.69, 9.17) is 5.73 Å². The van der Waals surface area contributed by atoms with Crippen LogP contribution in [0.3, 0.4) is 0 Å². The number of carbonyl (C=O) groups is 1. The van der Waals surface area contributed by atoms with E-state index >= 15 is 4.39 Å². The fourth-order valence-electron chi connectivity index (χ4n) is 5.31. The Labute approximate surface area is 240 Å². The molecule has 1 aliphatic heterocycles. The number of halogens is 2. The van der Waals surface area contributed by atoms with Crippen molar-refractivity contribution in [2.24, 2.45) is 0 Å². The van der Waals surface area contributed by atoms with Crippen molar-refractivity contribution in [3.8, 4) is 16.9 Å². The normalized spacial score (nSPS) is 15.7. The van der Waals surface area contributed by atoms with Crippen LogP contribution in [0.2, 0.25) is 0 Å². The molecule has 5 rings (SSSR count). The predicted molar refractivity (Wildman–Crippen MR) is 156 cm³/mol. The van der Waals surface area contributed by atoms with Gasteiger partial charge >= 0.3 is 5.69 Å². The molecule has 3 heterocycles. The molecule has 4 aromatic rings. The topological polar surface area (TPSA) is 131 Å². The number of aromatic nitrogens is 3. The Balaban J connectivity index is 1.86. The van der Waals surface area contributed by atoms with Crippen molar-refractivity contribution in [2.45, 2.75) is 24.8 Å². The Bertz CT molecular complexity index is 1920. The molecule has 1 saturated heterocycles. The molecule has 1 fully saturated rings. The summed E-state index contributed by atoms with van der Waals surface area (Å²) < 4.78 is 57.4. The first kappa shape index (κ1) is 28.9. The molecule has 0 unspecified atom stereocenters. The van der Waals surface area contributed by atoms with Gasteiger partial charge in [0.15, 0.2) is 21.3 Å². The molecule has 0 radical (unpaired) electrons. The first-order valence-corrected chi connectivity index (χ1v) is 14.9. The summed E-state index contributed by atoms with van der Waals surface area (Å²) in [6, 6.07) is 9.12. The zero-order valence-electron chi connectivity index (χ0n) is 23.1. The molecular formula is C29H28F2N6O4S. The van der Waals surface area contributed by atoms with Gasteiger partial charge in [-0.2, -0.15) is 4.98 Å². The van der Waals surface area contributed by atoms with Crippen molar-refractivity contribution in [2.75, 3.05) is 36.5 Å². The number of benzene rings is 2. The number of aryl methyl sites for hydroxylation is 1. The van der Waals surface area contributed by atoms with E-state index in [0.29, 0.717) is 5.56 Å². The number of carbonyl (C=O) groups excluding carboxylic acids is 1. The number of pyridine rings is 1. The van der Waals surface area contributed by atoms with E-state index in [1.54, 1.807) is 22.8 Å². The summed E-state index contributed by atoms with van der Waals surface area (Å²) in [5.41, 5.74) is 4.58. The summed E-state index contributed by atoms with van der Waals surface area (Å²) in [4.78, 5) is 38.0. The van der Waals surface area contributed by atoms with E-state index < -0.39 is 32.9 Å². The number of nitrogen functional groups attached to an aromatic ring is 1. The van der Waals surface area contributed by atoms with Crippen molar-refractivity contribution in [1.29, 1.82) is 0 Å². The standard InChI is InChI=1S/C29H28F2N6O4S/c1-5-23(38)35-12-13-36(17(3)15-35)27-18-14-20(31)25(24-19(30)9-7-10-21(24)32)33-28(18)37(29(39)34-27)26-16(2)8-6-11-22(26)42(4,40)41/h5-11,14,17H,1,12-13,15,32H2,2-4H3/t17-/m0/s1. The van der Waals surface area contributed by atoms with Crippen LogP contribution in [0, 0.1) is 18.6 Å². The van der Waals surface area contributed by atoms with Gasteiger partial charge in [0.05, 0.1) is 21.5 Å². The molecule has 0 aliphatic carbocycles. The van der Waals surface area contributed by atoms with Gasteiger partial charge in [0.25, 0.3) is 0 Å². The highest BCUT2D eigenvalue weighted by atomic mass is 32.2. The number of nitrogens with two attached hydrogens (primary N) is 1. The highest BCUT2D eigenvalue weighted by Crippen LogP contribution is 2.35. The minimum atomic E-state index is -3.85. The molecule has 42 heavy (non-hydrogen) atoms. The number of nitrogens with zero attached hydrogens (tertiary/aromatic N) is 5. The monoisotopic (exact) mass is 594 g/mol. The van der Waals surface area contributed by atoms with Crippen LogP contribution in [0.4, 0.5) is 20.3 Å². The molecule has 1 amide bonds. The molecular weight excluding hydrogens is 566 g/mol. The van der Waals surface area contributed by atoms with Gasteiger partial charge in [-0.1, -0.05) is 24.8 Å². The summed E-state index contributed by atoms with van der Waals surface area (Å²) in [5, 5.41) is 0.0869. The summed E-state index contributed by atoms with van der Waals surface area (Å²) in [6.45, 7) is 7.80. The number of fused-ring (bicyclic) bond motifs is 1. The van der Waals surface area contributed by atoms with Gasteiger partial charge in [-0.25, -0.2) is 31.5 Å². The smallest absolute Gasteiger partial charge is 0.355 e. The minimum absolute atomic E-state index is 0.00457.